The molecule has 5 rings (SSSR count). The highest BCUT2D eigenvalue weighted by Crippen LogP contribution is 2.33. The highest BCUT2D eigenvalue weighted by molar-refractivity contribution is 7.18. The molecule has 57 heavy (non-hydrogen) atoms. The van der Waals surface area contributed by atoms with Crippen molar-refractivity contribution in [2.45, 2.75) is 71.3 Å². The van der Waals surface area contributed by atoms with Crippen molar-refractivity contribution >= 4 is 34.1 Å². The number of anilines is 1. The summed E-state index contributed by atoms with van der Waals surface area (Å²) < 4.78 is 15.9. The fourth-order valence-electron chi connectivity index (χ4n) is 5.93. The zero-order valence-electron chi connectivity index (χ0n) is 33.3. The summed E-state index contributed by atoms with van der Waals surface area (Å²) in [7, 11) is 3.24. The molecule has 0 radical (unpaired) electrons. The number of thiophene rings is 1. The van der Waals surface area contributed by atoms with E-state index in [0.29, 0.717) is 36.5 Å². The minimum atomic E-state index is -0.633. The number of hydrogen-bond acceptors (Lipinski definition) is 10. The Morgan fingerprint density at radius 1 is 0.772 bits per heavy atom. The van der Waals surface area contributed by atoms with E-state index in [-0.39, 0.29) is 22.3 Å². The van der Waals surface area contributed by atoms with E-state index in [0.717, 1.165) is 45.1 Å². The maximum Gasteiger partial charge on any atom is 0.323 e. The van der Waals surface area contributed by atoms with Crippen molar-refractivity contribution in [3.63, 3.8) is 0 Å². The van der Waals surface area contributed by atoms with Crippen LogP contribution in [0, 0.1) is 18.3 Å². The lowest BCUT2D eigenvalue weighted by atomic mass is 10.0. The summed E-state index contributed by atoms with van der Waals surface area (Å²) >= 11 is 1.02. The number of hydrogen-bond donors (Lipinski definition) is 3. The number of ether oxygens (including phenoxy) is 3. The van der Waals surface area contributed by atoms with Gasteiger partial charge in [0.15, 0.2) is 0 Å². The van der Waals surface area contributed by atoms with Gasteiger partial charge in [-0.15, -0.1) is 11.3 Å². The number of methoxy groups -OCH3 is 2. The van der Waals surface area contributed by atoms with E-state index < -0.39 is 23.6 Å². The summed E-state index contributed by atoms with van der Waals surface area (Å²) in [6.07, 6.45) is 0.934. The van der Waals surface area contributed by atoms with Crippen molar-refractivity contribution in [2.24, 2.45) is 11.5 Å². The molecule has 0 aliphatic heterocycles. The number of nitriles is 1. The summed E-state index contributed by atoms with van der Waals surface area (Å²) in [4.78, 5) is 40.0. The van der Waals surface area contributed by atoms with E-state index in [9.17, 15) is 19.6 Å². The molecule has 4 aromatic carbocycles. The number of nitrogens with zero attached hydrogens (tertiary/aromatic N) is 2. The third-order valence-electron chi connectivity index (χ3n) is 8.83. The number of carbonyl (C=O) groups is 3. The molecule has 298 valence electrons. The Bertz CT molecular complexity index is 2060. The van der Waals surface area contributed by atoms with E-state index in [1.165, 1.54) is 0 Å². The minimum Gasteiger partial charge on any atom is -0.497 e. The van der Waals surface area contributed by atoms with Crippen molar-refractivity contribution in [1.29, 1.82) is 5.26 Å². The molecule has 0 aliphatic rings. The average Bonchev–Trinajstić information content (AvgIpc) is 3.51. The third kappa shape index (κ3) is 13.3. The second kappa shape index (κ2) is 20.8. The Morgan fingerprint density at radius 2 is 1.25 bits per heavy atom. The van der Waals surface area contributed by atoms with Gasteiger partial charge in [-0.2, -0.15) is 5.26 Å². The average molecular weight is 790 g/mol. The molecule has 2 amide bonds. The van der Waals surface area contributed by atoms with Gasteiger partial charge in [-0.05, 0) is 92.6 Å². The molecule has 0 saturated carbocycles. The Balaban J connectivity index is 0.000000377. The molecular formula is C45H51N5O6S. The molecule has 5 aromatic rings. The van der Waals surface area contributed by atoms with Crippen molar-refractivity contribution in [1.82, 2.24) is 4.90 Å². The normalized spacial score (nSPS) is 12.0. The lowest BCUT2D eigenvalue weighted by molar-refractivity contribution is -0.156. The maximum absolute atomic E-state index is 14.1. The number of primary amides is 1. The predicted molar refractivity (Wildman–Crippen MR) is 224 cm³/mol. The van der Waals surface area contributed by atoms with E-state index >= 15 is 0 Å². The van der Waals surface area contributed by atoms with Crippen LogP contribution in [0.3, 0.4) is 0 Å². The first-order valence-corrected chi connectivity index (χ1v) is 19.2. The fourth-order valence-corrected chi connectivity index (χ4v) is 6.94. The SMILES string of the molecule is CC(C)(C)OC(=O)C(N)Cc1ccccc1.COc1ccc(CN(Cc2ccc(OC)cc2)C(Cc2ccccc2)C(=O)Nc2sc(C(N)=O)c(C)c2C#N)cc1. The first kappa shape index (κ1) is 43.7. The monoisotopic (exact) mass is 789 g/mol. The number of amides is 2. The Hall–Kier alpha value is -6.00. The van der Waals surface area contributed by atoms with Crippen LogP contribution in [0.15, 0.2) is 109 Å². The third-order valence-corrected chi connectivity index (χ3v) is 10.1. The van der Waals surface area contributed by atoms with Gasteiger partial charge in [0.1, 0.15) is 34.2 Å². The van der Waals surface area contributed by atoms with Crippen molar-refractivity contribution in [3.05, 3.63) is 147 Å². The largest absolute Gasteiger partial charge is 0.497 e. The lowest BCUT2D eigenvalue weighted by Gasteiger charge is -2.31. The van der Waals surface area contributed by atoms with Crippen LogP contribution in [0.4, 0.5) is 5.00 Å². The van der Waals surface area contributed by atoms with Crippen LogP contribution in [0.1, 0.15) is 63.8 Å². The number of carbonyl (C=O) groups excluding carboxylic acids is 3. The van der Waals surface area contributed by atoms with Gasteiger partial charge in [0.2, 0.25) is 5.91 Å². The van der Waals surface area contributed by atoms with Gasteiger partial charge in [0.05, 0.1) is 30.7 Å². The van der Waals surface area contributed by atoms with Crippen LogP contribution < -0.4 is 26.3 Å². The first-order chi connectivity index (χ1) is 27.2. The van der Waals surface area contributed by atoms with Crippen LogP contribution in [-0.2, 0) is 40.3 Å². The molecule has 12 heteroatoms. The van der Waals surface area contributed by atoms with Gasteiger partial charge >= 0.3 is 5.97 Å². The quantitative estimate of drug-likeness (QED) is 0.0929. The topological polar surface area (TPSA) is 170 Å². The predicted octanol–water partition coefficient (Wildman–Crippen LogP) is 7.19. The van der Waals surface area contributed by atoms with Crippen molar-refractivity contribution in [2.75, 3.05) is 19.5 Å². The molecule has 5 N–H and O–H groups in total. The summed E-state index contributed by atoms with van der Waals surface area (Å²) in [5, 5.41) is 13.1. The van der Waals surface area contributed by atoms with Crippen LogP contribution >= 0.6 is 11.3 Å². The van der Waals surface area contributed by atoms with Crippen LogP contribution in [0.25, 0.3) is 0 Å². The van der Waals surface area contributed by atoms with Crippen LogP contribution in [-0.4, -0.2) is 54.6 Å². The molecule has 0 spiro atoms. The summed E-state index contributed by atoms with van der Waals surface area (Å²) in [6, 6.07) is 35.9. The van der Waals surface area contributed by atoms with Gasteiger partial charge in [0.25, 0.3) is 5.91 Å². The molecule has 0 bridgehead atoms. The number of esters is 1. The number of rotatable bonds is 15. The van der Waals surface area contributed by atoms with Crippen LogP contribution in [0.2, 0.25) is 0 Å². The first-order valence-electron chi connectivity index (χ1n) is 18.4. The summed E-state index contributed by atoms with van der Waals surface area (Å²) in [5.74, 6) is 0.222. The Kier molecular flexibility index (Phi) is 15.9. The van der Waals surface area contributed by atoms with Gasteiger partial charge < -0.3 is 31.0 Å². The zero-order valence-corrected chi connectivity index (χ0v) is 34.1. The smallest absolute Gasteiger partial charge is 0.323 e. The molecular weight excluding hydrogens is 739 g/mol. The van der Waals surface area contributed by atoms with Crippen LogP contribution in [0.5, 0.6) is 11.5 Å². The zero-order chi connectivity index (χ0) is 41.5. The van der Waals surface area contributed by atoms with E-state index in [2.05, 4.69) is 16.3 Å². The number of nitrogens with one attached hydrogen (secondary N) is 1. The Morgan fingerprint density at radius 3 is 1.67 bits per heavy atom. The van der Waals surface area contributed by atoms with Gasteiger partial charge in [-0.25, -0.2) is 0 Å². The lowest BCUT2D eigenvalue weighted by Crippen LogP contribution is -2.44. The van der Waals surface area contributed by atoms with Gasteiger partial charge in [-0.1, -0.05) is 84.9 Å². The second-order valence-corrected chi connectivity index (χ2v) is 15.4. The summed E-state index contributed by atoms with van der Waals surface area (Å²) in [5.41, 5.74) is 15.6. The van der Waals surface area contributed by atoms with E-state index in [1.54, 1.807) is 21.1 Å². The molecule has 0 fully saturated rings. The molecule has 11 nitrogen and oxygen atoms in total. The molecule has 0 saturated heterocycles. The van der Waals surface area contributed by atoms with E-state index in [1.807, 2.05) is 130 Å². The molecule has 2 atom stereocenters. The van der Waals surface area contributed by atoms with Crippen molar-refractivity contribution < 1.29 is 28.6 Å². The maximum atomic E-state index is 14.1. The number of nitrogens with two attached hydrogens (primary N) is 2. The van der Waals surface area contributed by atoms with Gasteiger partial charge in [0, 0.05) is 13.1 Å². The molecule has 2 unspecified atom stereocenters. The number of benzene rings is 4. The minimum absolute atomic E-state index is 0.243. The van der Waals surface area contributed by atoms with Gasteiger partial charge in [-0.3, -0.25) is 19.3 Å². The molecule has 1 aromatic heterocycles. The molecule has 1 heterocycles. The van der Waals surface area contributed by atoms with E-state index in [4.69, 9.17) is 25.7 Å². The highest BCUT2D eigenvalue weighted by Gasteiger charge is 2.29. The highest BCUT2D eigenvalue weighted by atomic mass is 32.1. The Labute approximate surface area is 339 Å². The summed E-state index contributed by atoms with van der Waals surface area (Å²) in [6.45, 7) is 8.11. The standard InChI is InChI=1S/C32H32N4O4S.C13H19NO2/c1-21-27(18-33)32(41-29(21)30(34)37)35-31(38)28(17-22-7-5-4-6-8-22)36(19-23-9-13-25(39-2)14-10-23)20-24-11-15-26(40-3)16-12-24;1-13(2,3)16-12(15)11(14)9-10-7-5-4-6-8-10/h4-16,28H,17,19-20H2,1-3H3,(H2,34,37)(H,35,38);4-8,11H,9,14H2,1-3H3. The fraction of sp³-hybridized carbons (Fsp3) is 0.289. The molecule has 0 aliphatic carbocycles. The van der Waals surface area contributed by atoms with Crippen molar-refractivity contribution in [3.8, 4) is 17.6 Å². The second-order valence-electron chi connectivity index (χ2n) is 14.4.